The first kappa shape index (κ1) is 25.4. The molecule has 0 radical (unpaired) electrons. The van der Waals surface area contributed by atoms with Crippen LogP contribution in [0.3, 0.4) is 0 Å². The van der Waals surface area contributed by atoms with E-state index in [2.05, 4.69) is 84.6 Å². The first-order valence-corrected chi connectivity index (χ1v) is 12.8. The fraction of sp³-hybridized carbons (Fsp3) is 0.533. The van der Waals surface area contributed by atoms with Crippen LogP contribution in [-0.2, 0) is 13.1 Å². The maximum atomic E-state index is 2.61. The van der Waals surface area contributed by atoms with E-state index in [0.29, 0.717) is 0 Å². The third-order valence-electron chi connectivity index (χ3n) is 5.97. The largest absolute Gasteiger partial charge is 0.295 e. The second kappa shape index (κ2) is 17.8. The van der Waals surface area contributed by atoms with Gasteiger partial charge in [0.1, 0.15) is 0 Å². The first-order valence-electron chi connectivity index (χ1n) is 12.8. The van der Waals surface area contributed by atoms with Crippen molar-refractivity contribution in [3.63, 3.8) is 0 Å². The van der Waals surface area contributed by atoms with Gasteiger partial charge in [-0.05, 0) is 43.4 Å². The molecule has 0 N–H and O–H groups in total. The number of nitrogens with zero attached hydrogens (tertiary/aromatic N) is 1. The Kier molecular flexibility index (Phi) is 14.6. The van der Waals surface area contributed by atoms with E-state index in [4.69, 9.17) is 0 Å². The van der Waals surface area contributed by atoms with Crippen LogP contribution in [0.25, 0.3) is 0 Å². The predicted octanol–water partition coefficient (Wildman–Crippen LogP) is 8.95. The molecule has 0 unspecified atom stereocenters. The minimum atomic E-state index is 1.05. The van der Waals surface area contributed by atoms with Gasteiger partial charge in [-0.3, -0.25) is 4.90 Å². The van der Waals surface area contributed by atoms with Gasteiger partial charge in [-0.2, -0.15) is 0 Å². The monoisotopic (exact) mass is 419 g/mol. The lowest BCUT2D eigenvalue weighted by atomic mass is 10.1. The van der Waals surface area contributed by atoms with Crippen molar-refractivity contribution < 1.29 is 0 Å². The van der Waals surface area contributed by atoms with Gasteiger partial charge < -0.3 is 0 Å². The van der Waals surface area contributed by atoms with Crippen LogP contribution in [0.2, 0.25) is 0 Å². The molecule has 0 saturated carbocycles. The second-order valence-corrected chi connectivity index (χ2v) is 8.91. The third-order valence-corrected chi connectivity index (χ3v) is 5.97. The Morgan fingerprint density at radius 1 is 0.548 bits per heavy atom. The lowest BCUT2D eigenvalue weighted by molar-refractivity contribution is 0.250. The van der Waals surface area contributed by atoms with Crippen molar-refractivity contribution in [2.75, 3.05) is 6.54 Å². The number of allylic oxidation sites excluding steroid dienone is 2. The fourth-order valence-corrected chi connectivity index (χ4v) is 4.13. The molecule has 0 aliphatic carbocycles. The van der Waals surface area contributed by atoms with Gasteiger partial charge in [-0.15, -0.1) is 0 Å². The molecule has 0 heterocycles. The summed E-state index contributed by atoms with van der Waals surface area (Å²) < 4.78 is 0. The lowest BCUT2D eigenvalue weighted by Gasteiger charge is -2.22. The Hall–Kier alpha value is -1.86. The minimum absolute atomic E-state index is 1.05. The normalized spacial score (nSPS) is 11.5. The van der Waals surface area contributed by atoms with Crippen LogP contribution in [0.5, 0.6) is 0 Å². The third kappa shape index (κ3) is 13.2. The molecule has 0 amide bonds. The van der Waals surface area contributed by atoms with Crippen molar-refractivity contribution in [1.29, 1.82) is 0 Å². The Balaban J connectivity index is 1.54. The Labute approximate surface area is 192 Å². The summed E-state index contributed by atoms with van der Waals surface area (Å²) in [7, 11) is 0. The maximum absolute atomic E-state index is 2.61. The summed E-state index contributed by atoms with van der Waals surface area (Å²) in [6.07, 6.45) is 21.0. The lowest BCUT2D eigenvalue weighted by Crippen LogP contribution is -2.24. The highest BCUT2D eigenvalue weighted by Gasteiger charge is 2.07. The Morgan fingerprint density at radius 2 is 1.00 bits per heavy atom. The molecule has 2 aromatic rings. The van der Waals surface area contributed by atoms with E-state index in [-0.39, 0.29) is 0 Å². The molecule has 0 saturated heterocycles. The molecule has 0 bridgehead atoms. The van der Waals surface area contributed by atoms with E-state index in [0.717, 1.165) is 13.1 Å². The minimum Gasteiger partial charge on any atom is -0.295 e. The fourth-order valence-electron chi connectivity index (χ4n) is 4.13. The van der Waals surface area contributed by atoms with Gasteiger partial charge in [0.2, 0.25) is 0 Å². The maximum Gasteiger partial charge on any atom is 0.0237 e. The van der Waals surface area contributed by atoms with Crippen LogP contribution in [0.15, 0.2) is 72.8 Å². The SMILES string of the molecule is CCC/C=C/CCCCCCCCCCCN(Cc1ccccc1)Cc1ccccc1. The highest BCUT2D eigenvalue weighted by atomic mass is 15.1. The van der Waals surface area contributed by atoms with Crippen molar-refractivity contribution in [2.24, 2.45) is 0 Å². The number of hydrogen-bond donors (Lipinski definition) is 0. The summed E-state index contributed by atoms with van der Waals surface area (Å²) in [5.41, 5.74) is 2.83. The number of rotatable bonds is 18. The molecule has 0 atom stereocenters. The van der Waals surface area contributed by atoms with E-state index in [1.54, 1.807) is 0 Å². The van der Waals surface area contributed by atoms with Crippen LogP contribution >= 0.6 is 0 Å². The molecule has 1 heteroatoms. The zero-order chi connectivity index (χ0) is 21.8. The Morgan fingerprint density at radius 3 is 1.52 bits per heavy atom. The number of hydrogen-bond acceptors (Lipinski definition) is 1. The first-order chi connectivity index (χ1) is 15.4. The van der Waals surface area contributed by atoms with Crippen LogP contribution < -0.4 is 0 Å². The molecule has 170 valence electrons. The number of benzene rings is 2. The molecule has 0 aliphatic heterocycles. The number of unbranched alkanes of at least 4 members (excludes halogenated alkanes) is 10. The van der Waals surface area contributed by atoms with Gasteiger partial charge in [-0.1, -0.05) is 131 Å². The van der Waals surface area contributed by atoms with Crippen molar-refractivity contribution in [3.8, 4) is 0 Å². The zero-order valence-corrected chi connectivity index (χ0v) is 20.0. The molecule has 31 heavy (non-hydrogen) atoms. The van der Waals surface area contributed by atoms with E-state index in [1.165, 1.54) is 94.7 Å². The van der Waals surface area contributed by atoms with Crippen molar-refractivity contribution in [1.82, 2.24) is 4.90 Å². The van der Waals surface area contributed by atoms with Crippen molar-refractivity contribution >= 4 is 0 Å². The summed E-state index contributed by atoms with van der Waals surface area (Å²) in [4.78, 5) is 2.61. The van der Waals surface area contributed by atoms with Gasteiger partial charge in [0, 0.05) is 13.1 Å². The van der Waals surface area contributed by atoms with Gasteiger partial charge in [-0.25, -0.2) is 0 Å². The Bertz CT molecular complexity index is 620. The van der Waals surface area contributed by atoms with E-state index in [9.17, 15) is 0 Å². The molecular formula is C30H45N. The summed E-state index contributed by atoms with van der Waals surface area (Å²) in [6, 6.07) is 21.8. The van der Waals surface area contributed by atoms with E-state index in [1.807, 2.05) is 0 Å². The van der Waals surface area contributed by atoms with E-state index >= 15 is 0 Å². The summed E-state index contributed by atoms with van der Waals surface area (Å²) in [5, 5.41) is 0. The second-order valence-electron chi connectivity index (χ2n) is 8.91. The molecule has 0 fully saturated rings. The standard InChI is InChI=1S/C30H45N/c1-2-3-4-5-6-7-8-9-10-11-12-13-14-21-26-31(27-29-22-17-15-18-23-29)28-30-24-19-16-20-25-30/h4-5,15-20,22-25H,2-3,6-14,21,26-28H2,1H3/b5-4+. The molecule has 2 aromatic carbocycles. The van der Waals surface area contributed by atoms with Gasteiger partial charge in [0.25, 0.3) is 0 Å². The van der Waals surface area contributed by atoms with Gasteiger partial charge >= 0.3 is 0 Å². The molecule has 1 nitrogen and oxygen atoms in total. The molecule has 0 aliphatic rings. The van der Waals surface area contributed by atoms with Crippen molar-refractivity contribution in [3.05, 3.63) is 83.9 Å². The van der Waals surface area contributed by atoms with Gasteiger partial charge in [0.15, 0.2) is 0 Å². The van der Waals surface area contributed by atoms with Crippen LogP contribution in [0.4, 0.5) is 0 Å². The van der Waals surface area contributed by atoms with Gasteiger partial charge in [0.05, 0.1) is 0 Å². The van der Waals surface area contributed by atoms with Crippen LogP contribution in [0, 0.1) is 0 Å². The molecular weight excluding hydrogens is 374 g/mol. The summed E-state index contributed by atoms with van der Waals surface area (Å²) in [5.74, 6) is 0. The van der Waals surface area contributed by atoms with Crippen LogP contribution in [0.1, 0.15) is 95.1 Å². The van der Waals surface area contributed by atoms with Crippen LogP contribution in [-0.4, -0.2) is 11.4 Å². The van der Waals surface area contributed by atoms with Crippen molar-refractivity contribution in [2.45, 2.75) is 97.1 Å². The predicted molar refractivity (Wildman–Crippen MR) is 137 cm³/mol. The average molecular weight is 420 g/mol. The molecule has 2 rings (SSSR count). The summed E-state index contributed by atoms with van der Waals surface area (Å²) >= 11 is 0. The summed E-state index contributed by atoms with van der Waals surface area (Å²) in [6.45, 7) is 5.53. The molecule has 0 spiro atoms. The zero-order valence-electron chi connectivity index (χ0n) is 20.0. The average Bonchev–Trinajstić information content (AvgIpc) is 2.80. The van der Waals surface area contributed by atoms with E-state index < -0.39 is 0 Å². The molecule has 0 aromatic heterocycles. The highest BCUT2D eigenvalue weighted by molar-refractivity contribution is 5.17. The highest BCUT2D eigenvalue weighted by Crippen LogP contribution is 2.14. The smallest absolute Gasteiger partial charge is 0.0237 e. The topological polar surface area (TPSA) is 3.24 Å². The quantitative estimate of drug-likeness (QED) is 0.172.